The summed E-state index contributed by atoms with van der Waals surface area (Å²) in [4.78, 5) is 22.8. The highest BCUT2D eigenvalue weighted by Gasteiger charge is 2.61. The molecule has 2 rings (SSSR count). The van der Waals surface area contributed by atoms with E-state index in [4.69, 9.17) is 0 Å². The molecule has 18 heavy (non-hydrogen) atoms. The fraction of sp³-hybridized carbons (Fsp3) is 0.200. The zero-order chi connectivity index (χ0) is 13.6. The predicted molar refractivity (Wildman–Crippen MR) is 53.5 cm³/mol. The number of nitrogens with one attached hydrogen (secondary N) is 2. The van der Waals surface area contributed by atoms with E-state index in [9.17, 15) is 27.9 Å². The maximum Gasteiger partial charge on any atom is 0.446 e. The number of halogens is 3. The van der Waals surface area contributed by atoms with E-state index in [2.05, 4.69) is 0 Å². The molecule has 0 saturated heterocycles. The van der Waals surface area contributed by atoms with Crippen LogP contribution in [0.4, 0.5) is 18.9 Å². The Balaban J connectivity index is 2.57. The average Bonchev–Trinajstić information content (AvgIpc) is 2.36. The number of anilines is 1. The first kappa shape index (κ1) is 12.4. The van der Waals surface area contributed by atoms with Crippen molar-refractivity contribution in [3.05, 3.63) is 29.8 Å². The van der Waals surface area contributed by atoms with Crippen LogP contribution in [0.5, 0.6) is 0 Å². The molecule has 0 saturated carbocycles. The van der Waals surface area contributed by atoms with Gasteiger partial charge in [0.25, 0.3) is 11.8 Å². The quantitative estimate of drug-likeness (QED) is 0.597. The van der Waals surface area contributed by atoms with Crippen molar-refractivity contribution in [2.24, 2.45) is 0 Å². The van der Waals surface area contributed by atoms with Gasteiger partial charge >= 0.3 is 11.9 Å². The molecule has 96 valence electrons. The van der Waals surface area contributed by atoms with Crippen LogP contribution in [-0.2, 0) is 4.79 Å². The minimum Gasteiger partial charge on any atom is -0.356 e. The molecule has 1 aromatic rings. The average molecular weight is 260 g/mol. The van der Waals surface area contributed by atoms with Crippen molar-refractivity contribution in [2.75, 3.05) is 5.32 Å². The van der Waals surface area contributed by atoms with E-state index in [0.29, 0.717) is 0 Å². The van der Waals surface area contributed by atoms with Crippen LogP contribution in [0, 0.1) is 0 Å². The number of carbonyl (C=O) groups is 2. The topological polar surface area (TPSA) is 78.4 Å². The molecule has 1 heterocycles. The van der Waals surface area contributed by atoms with E-state index in [1.807, 2.05) is 0 Å². The second kappa shape index (κ2) is 3.70. The van der Waals surface area contributed by atoms with Crippen molar-refractivity contribution < 1.29 is 27.9 Å². The number of amides is 2. The number of aliphatic hydroxyl groups is 1. The number of alkyl halides is 3. The van der Waals surface area contributed by atoms with Crippen LogP contribution in [0.25, 0.3) is 0 Å². The van der Waals surface area contributed by atoms with Crippen LogP contribution in [0.1, 0.15) is 10.4 Å². The maximum atomic E-state index is 12.7. The first-order valence-corrected chi connectivity index (χ1v) is 4.78. The van der Waals surface area contributed by atoms with Gasteiger partial charge in [0.2, 0.25) is 0 Å². The van der Waals surface area contributed by atoms with Gasteiger partial charge in [-0.3, -0.25) is 14.9 Å². The van der Waals surface area contributed by atoms with Crippen molar-refractivity contribution in [2.45, 2.75) is 11.9 Å². The first-order chi connectivity index (χ1) is 8.25. The number of para-hydroxylation sites is 1. The van der Waals surface area contributed by atoms with Crippen LogP contribution in [0.3, 0.4) is 0 Å². The number of hydrogen-bond donors (Lipinski definition) is 3. The van der Waals surface area contributed by atoms with Gasteiger partial charge in [-0.1, -0.05) is 12.1 Å². The van der Waals surface area contributed by atoms with Crippen molar-refractivity contribution in [1.29, 1.82) is 0 Å². The summed E-state index contributed by atoms with van der Waals surface area (Å²) in [6.45, 7) is 0. The summed E-state index contributed by atoms with van der Waals surface area (Å²) in [5.74, 6) is -2.88. The number of carbonyl (C=O) groups excluding carboxylic acids is 2. The van der Waals surface area contributed by atoms with Crippen LogP contribution in [0.2, 0.25) is 0 Å². The number of rotatable bonds is 0. The molecule has 0 aromatic heterocycles. The van der Waals surface area contributed by atoms with Gasteiger partial charge in [0.1, 0.15) is 0 Å². The highest BCUT2D eigenvalue weighted by Crippen LogP contribution is 2.34. The molecule has 0 fully saturated rings. The molecule has 1 aliphatic rings. The van der Waals surface area contributed by atoms with Crippen LogP contribution in [0.15, 0.2) is 24.3 Å². The molecular formula is C10H7F3N2O3. The summed E-state index contributed by atoms with van der Waals surface area (Å²) in [7, 11) is 0. The fourth-order valence-corrected chi connectivity index (χ4v) is 1.50. The Labute approximate surface area is 98.6 Å². The lowest BCUT2D eigenvalue weighted by Crippen LogP contribution is -2.61. The number of benzene rings is 1. The minimum absolute atomic E-state index is 0.161. The molecule has 1 unspecified atom stereocenters. The molecule has 3 N–H and O–H groups in total. The zero-order valence-corrected chi connectivity index (χ0v) is 8.71. The Morgan fingerprint density at radius 3 is 2.39 bits per heavy atom. The van der Waals surface area contributed by atoms with E-state index in [1.165, 1.54) is 23.5 Å². The van der Waals surface area contributed by atoms with Gasteiger partial charge in [0.15, 0.2) is 0 Å². The number of imide groups is 1. The van der Waals surface area contributed by atoms with Gasteiger partial charge in [-0.05, 0) is 12.1 Å². The van der Waals surface area contributed by atoms with Crippen molar-refractivity contribution in [1.82, 2.24) is 5.32 Å². The standard InChI is InChI=1S/C10H7F3N2O3/c11-10(12,13)9(18)8(17)14-7(16)5-3-1-2-4-6(5)15-9/h1-4,15,18H,(H,14,16,17). The smallest absolute Gasteiger partial charge is 0.356 e. The van der Waals surface area contributed by atoms with Crippen molar-refractivity contribution in [3.63, 3.8) is 0 Å². The van der Waals surface area contributed by atoms with Crippen LogP contribution < -0.4 is 10.6 Å². The van der Waals surface area contributed by atoms with Gasteiger partial charge in [-0.2, -0.15) is 13.2 Å². The van der Waals surface area contributed by atoms with Crippen LogP contribution >= 0.6 is 0 Å². The maximum absolute atomic E-state index is 12.7. The van der Waals surface area contributed by atoms with E-state index < -0.39 is 23.7 Å². The molecule has 2 amide bonds. The SMILES string of the molecule is O=C1NC(=O)C(O)(C(F)(F)F)Nc2ccccc21. The zero-order valence-electron chi connectivity index (χ0n) is 8.71. The third kappa shape index (κ3) is 1.70. The molecule has 0 aliphatic carbocycles. The van der Waals surface area contributed by atoms with Crippen LogP contribution in [-0.4, -0.2) is 28.8 Å². The Bertz CT molecular complexity index is 529. The van der Waals surface area contributed by atoms with E-state index in [0.717, 1.165) is 6.07 Å². The Morgan fingerprint density at radius 2 is 1.78 bits per heavy atom. The highest BCUT2D eigenvalue weighted by atomic mass is 19.4. The van der Waals surface area contributed by atoms with Crippen molar-refractivity contribution >= 4 is 17.5 Å². The molecule has 1 aromatic carbocycles. The second-order valence-electron chi connectivity index (χ2n) is 3.66. The molecule has 5 nitrogen and oxygen atoms in total. The summed E-state index contributed by atoms with van der Waals surface area (Å²) in [5, 5.41) is 12.6. The molecule has 0 bridgehead atoms. The summed E-state index contributed by atoms with van der Waals surface area (Å²) in [6.07, 6.45) is -5.27. The first-order valence-electron chi connectivity index (χ1n) is 4.78. The van der Waals surface area contributed by atoms with Gasteiger partial charge in [0.05, 0.1) is 5.56 Å². The molecule has 0 spiro atoms. The van der Waals surface area contributed by atoms with E-state index >= 15 is 0 Å². The normalized spacial score (nSPS) is 23.8. The molecule has 1 atom stereocenters. The monoisotopic (exact) mass is 260 g/mol. The molecule has 8 heteroatoms. The van der Waals surface area contributed by atoms with E-state index in [-0.39, 0.29) is 11.3 Å². The fourth-order valence-electron chi connectivity index (χ4n) is 1.50. The second-order valence-corrected chi connectivity index (χ2v) is 3.66. The Morgan fingerprint density at radius 1 is 1.17 bits per heavy atom. The Kier molecular flexibility index (Phi) is 2.54. The molecule has 0 radical (unpaired) electrons. The number of hydrogen-bond acceptors (Lipinski definition) is 4. The lowest BCUT2D eigenvalue weighted by molar-refractivity contribution is -0.240. The number of fused-ring (bicyclic) bond motifs is 1. The van der Waals surface area contributed by atoms with E-state index in [1.54, 1.807) is 5.32 Å². The van der Waals surface area contributed by atoms with Gasteiger partial charge in [0, 0.05) is 5.69 Å². The third-order valence-electron chi connectivity index (χ3n) is 2.45. The third-order valence-corrected chi connectivity index (χ3v) is 2.45. The lowest BCUT2D eigenvalue weighted by atomic mass is 10.1. The summed E-state index contributed by atoms with van der Waals surface area (Å²) < 4.78 is 38.1. The summed E-state index contributed by atoms with van der Waals surface area (Å²) in [6, 6.07) is 5.17. The summed E-state index contributed by atoms with van der Waals surface area (Å²) >= 11 is 0. The largest absolute Gasteiger partial charge is 0.446 e. The summed E-state index contributed by atoms with van der Waals surface area (Å²) in [5.41, 5.74) is -4.28. The predicted octanol–water partition coefficient (Wildman–Crippen LogP) is 0.619. The molecular weight excluding hydrogens is 253 g/mol. The molecule has 1 aliphatic heterocycles. The highest BCUT2D eigenvalue weighted by molar-refractivity contribution is 6.12. The van der Waals surface area contributed by atoms with Crippen molar-refractivity contribution in [3.8, 4) is 0 Å². The van der Waals surface area contributed by atoms with Gasteiger partial charge in [-0.25, -0.2) is 0 Å². The van der Waals surface area contributed by atoms with Gasteiger partial charge < -0.3 is 10.4 Å². The van der Waals surface area contributed by atoms with Gasteiger partial charge in [-0.15, -0.1) is 0 Å². The lowest BCUT2D eigenvalue weighted by Gasteiger charge is -2.28. The minimum atomic E-state index is -5.27. The Hall–Kier alpha value is -2.09.